The molecule has 0 bridgehead atoms. The highest BCUT2D eigenvalue weighted by Gasteiger charge is 2.42. The number of nitrogens with zero attached hydrogens (tertiary/aromatic N) is 1. The molecule has 0 amide bonds. The summed E-state index contributed by atoms with van der Waals surface area (Å²) in [6.45, 7) is 8.71. The van der Waals surface area contributed by atoms with Crippen LogP contribution < -0.4 is 0 Å². The maximum atomic E-state index is 10.7. The molecule has 2 aliphatic rings. The molecule has 24 heavy (non-hydrogen) atoms. The summed E-state index contributed by atoms with van der Waals surface area (Å²) in [4.78, 5) is 2.55. The molecule has 1 heterocycles. The second kappa shape index (κ2) is 5.98. The van der Waals surface area contributed by atoms with E-state index in [1.807, 2.05) is 0 Å². The van der Waals surface area contributed by atoms with Gasteiger partial charge in [-0.2, -0.15) is 0 Å². The second-order valence-electron chi connectivity index (χ2n) is 7.21. The van der Waals surface area contributed by atoms with Gasteiger partial charge in [-0.15, -0.1) is 0 Å². The van der Waals surface area contributed by atoms with Crippen LogP contribution in [0, 0.1) is 13.8 Å². The van der Waals surface area contributed by atoms with Crippen LogP contribution in [-0.2, 0) is 6.54 Å². The first-order chi connectivity index (χ1) is 11.5. The van der Waals surface area contributed by atoms with Gasteiger partial charge in [-0.1, -0.05) is 41.1 Å². The number of aliphatic hydroxyl groups is 1. The van der Waals surface area contributed by atoms with Crippen molar-refractivity contribution in [3.05, 3.63) is 68.2 Å². The minimum absolute atomic E-state index is 0.361. The van der Waals surface area contributed by atoms with Gasteiger partial charge < -0.3 is 5.11 Å². The summed E-state index contributed by atoms with van der Waals surface area (Å²) < 4.78 is 1.04. The highest BCUT2D eigenvalue weighted by Crippen LogP contribution is 2.48. The summed E-state index contributed by atoms with van der Waals surface area (Å²) in [5.74, 6) is 0.361. The fourth-order valence-corrected chi connectivity index (χ4v) is 4.99. The SMILES string of the molecule is CCN1Cc2c(ccc(C)c2C)[C@H]2c3ccc(Br)cc3C(O)C[C@H]21. The molecule has 0 saturated heterocycles. The van der Waals surface area contributed by atoms with Crippen LogP contribution in [0.25, 0.3) is 0 Å². The van der Waals surface area contributed by atoms with E-state index in [1.165, 1.54) is 27.8 Å². The fourth-order valence-electron chi connectivity index (χ4n) is 4.61. The van der Waals surface area contributed by atoms with Gasteiger partial charge in [0.15, 0.2) is 0 Å². The van der Waals surface area contributed by atoms with Crippen molar-refractivity contribution in [1.29, 1.82) is 0 Å². The average Bonchev–Trinajstić information content (AvgIpc) is 2.57. The molecule has 2 aromatic rings. The maximum absolute atomic E-state index is 10.7. The van der Waals surface area contributed by atoms with Gasteiger partial charge >= 0.3 is 0 Å². The predicted octanol–water partition coefficient (Wildman–Crippen LogP) is 4.84. The Hall–Kier alpha value is -1.16. The zero-order chi connectivity index (χ0) is 17.0. The third-order valence-corrected chi connectivity index (χ3v) is 6.56. The Bertz CT molecular complexity index is 801. The number of aliphatic hydroxyl groups excluding tert-OH is 1. The average molecular weight is 386 g/mol. The molecule has 0 aromatic heterocycles. The molecule has 0 radical (unpaired) electrons. The van der Waals surface area contributed by atoms with E-state index in [0.717, 1.165) is 29.5 Å². The molecule has 0 fully saturated rings. The van der Waals surface area contributed by atoms with E-state index in [1.54, 1.807) is 0 Å². The highest BCUT2D eigenvalue weighted by atomic mass is 79.9. The first kappa shape index (κ1) is 16.3. The Kier molecular flexibility index (Phi) is 4.06. The van der Waals surface area contributed by atoms with Gasteiger partial charge in [0.05, 0.1) is 6.10 Å². The summed E-state index contributed by atoms with van der Waals surface area (Å²) in [5.41, 5.74) is 8.13. The van der Waals surface area contributed by atoms with E-state index in [2.05, 4.69) is 71.9 Å². The quantitative estimate of drug-likeness (QED) is 0.758. The van der Waals surface area contributed by atoms with Crippen molar-refractivity contribution in [2.45, 2.75) is 51.8 Å². The van der Waals surface area contributed by atoms with Crippen molar-refractivity contribution in [3.63, 3.8) is 0 Å². The number of hydrogen-bond donors (Lipinski definition) is 1. The van der Waals surface area contributed by atoms with Crippen molar-refractivity contribution < 1.29 is 5.11 Å². The Morgan fingerprint density at radius 2 is 1.88 bits per heavy atom. The van der Waals surface area contributed by atoms with Crippen LogP contribution in [0.15, 0.2) is 34.8 Å². The Balaban J connectivity index is 1.95. The number of likely N-dealkylation sites (N-methyl/N-ethyl adjacent to an activating group) is 1. The van der Waals surface area contributed by atoms with Crippen LogP contribution in [0.5, 0.6) is 0 Å². The summed E-state index contributed by atoms with van der Waals surface area (Å²) in [6, 6.07) is 11.4. The van der Waals surface area contributed by atoms with Crippen LogP contribution >= 0.6 is 15.9 Å². The molecule has 126 valence electrons. The van der Waals surface area contributed by atoms with Crippen LogP contribution in [0.1, 0.15) is 58.7 Å². The molecule has 0 spiro atoms. The van der Waals surface area contributed by atoms with E-state index in [4.69, 9.17) is 0 Å². The lowest BCUT2D eigenvalue weighted by molar-refractivity contribution is 0.0705. The molecular formula is C21H24BrNO. The first-order valence-corrected chi connectivity index (χ1v) is 9.61. The third-order valence-electron chi connectivity index (χ3n) is 6.07. The largest absolute Gasteiger partial charge is 0.388 e. The number of hydrogen-bond acceptors (Lipinski definition) is 2. The zero-order valence-corrected chi connectivity index (χ0v) is 16.1. The lowest BCUT2D eigenvalue weighted by atomic mass is 9.70. The third kappa shape index (κ3) is 2.37. The molecule has 0 saturated carbocycles. The van der Waals surface area contributed by atoms with Crippen molar-refractivity contribution in [2.24, 2.45) is 0 Å². The summed E-state index contributed by atoms with van der Waals surface area (Å²) in [6.07, 6.45) is 0.440. The molecule has 1 N–H and O–H groups in total. The highest BCUT2D eigenvalue weighted by molar-refractivity contribution is 9.10. The van der Waals surface area contributed by atoms with Crippen molar-refractivity contribution in [3.8, 4) is 0 Å². The van der Waals surface area contributed by atoms with E-state index < -0.39 is 0 Å². The Labute approximate surface area is 152 Å². The molecule has 3 atom stereocenters. The van der Waals surface area contributed by atoms with E-state index in [-0.39, 0.29) is 6.10 Å². The standard InChI is InChI=1S/C21H24BrNO/c1-4-23-11-18-13(3)12(2)5-7-16(18)21-15-8-6-14(22)9-17(15)20(24)10-19(21)23/h5-9,19-21,24H,4,10-11H2,1-3H3/t19-,20?,21-/m1/s1. The van der Waals surface area contributed by atoms with Crippen molar-refractivity contribution in [1.82, 2.24) is 4.90 Å². The number of rotatable bonds is 1. The second-order valence-corrected chi connectivity index (χ2v) is 8.12. The van der Waals surface area contributed by atoms with Gasteiger partial charge in [-0.25, -0.2) is 0 Å². The summed E-state index contributed by atoms with van der Waals surface area (Å²) in [7, 11) is 0. The number of benzene rings is 2. The van der Waals surface area contributed by atoms with E-state index in [9.17, 15) is 5.11 Å². The minimum Gasteiger partial charge on any atom is -0.388 e. The molecule has 4 rings (SSSR count). The van der Waals surface area contributed by atoms with Gasteiger partial charge in [-0.3, -0.25) is 4.90 Å². The minimum atomic E-state index is -0.374. The van der Waals surface area contributed by atoms with E-state index in [0.29, 0.717) is 12.0 Å². The Morgan fingerprint density at radius 3 is 2.62 bits per heavy atom. The lowest BCUT2D eigenvalue weighted by Gasteiger charge is -2.47. The molecule has 2 aromatic carbocycles. The first-order valence-electron chi connectivity index (χ1n) is 8.81. The van der Waals surface area contributed by atoms with E-state index >= 15 is 0 Å². The molecule has 3 heteroatoms. The maximum Gasteiger partial charge on any atom is 0.0808 e. The van der Waals surface area contributed by atoms with Gasteiger partial charge in [0.1, 0.15) is 0 Å². The van der Waals surface area contributed by atoms with Crippen molar-refractivity contribution >= 4 is 15.9 Å². The van der Waals surface area contributed by atoms with Crippen molar-refractivity contribution in [2.75, 3.05) is 6.54 Å². The number of fused-ring (bicyclic) bond motifs is 5. The van der Waals surface area contributed by atoms with Gasteiger partial charge in [0, 0.05) is 23.0 Å². The Morgan fingerprint density at radius 1 is 1.12 bits per heavy atom. The molecular weight excluding hydrogens is 362 g/mol. The van der Waals surface area contributed by atoms with Crippen LogP contribution in [-0.4, -0.2) is 22.6 Å². The van der Waals surface area contributed by atoms with Gasteiger partial charge in [-0.05, 0) is 72.3 Å². The molecule has 1 aliphatic heterocycles. The fraction of sp³-hybridized carbons (Fsp3) is 0.429. The monoisotopic (exact) mass is 385 g/mol. The molecule has 1 aliphatic carbocycles. The molecule has 1 unspecified atom stereocenters. The number of aryl methyl sites for hydroxylation is 1. The normalized spacial score (nSPS) is 25.8. The molecule has 2 nitrogen and oxygen atoms in total. The van der Waals surface area contributed by atoms with Gasteiger partial charge in [0.2, 0.25) is 0 Å². The van der Waals surface area contributed by atoms with Crippen LogP contribution in [0.2, 0.25) is 0 Å². The zero-order valence-electron chi connectivity index (χ0n) is 14.5. The summed E-state index contributed by atoms with van der Waals surface area (Å²) >= 11 is 3.56. The smallest absolute Gasteiger partial charge is 0.0808 e. The van der Waals surface area contributed by atoms with Crippen LogP contribution in [0.4, 0.5) is 0 Å². The predicted molar refractivity (Wildman–Crippen MR) is 101 cm³/mol. The number of halogens is 1. The summed E-state index contributed by atoms with van der Waals surface area (Å²) in [5, 5.41) is 10.7. The van der Waals surface area contributed by atoms with Crippen LogP contribution in [0.3, 0.4) is 0 Å². The van der Waals surface area contributed by atoms with Gasteiger partial charge in [0.25, 0.3) is 0 Å². The lowest BCUT2D eigenvalue weighted by Crippen LogP contribution is -2.47. The topological polar surface area (TPSA) is 23.5 Å².